The Morgan fingerprint density at radius 2 is 1.89 bits per heavy atom. The van der Waals surface area contributed by atoms with Crippen LogP contribution in [0.4, 0.5) is 17.6 Å². The number of sulfonamides is 1. The van der Waals surface area contributed by atoms with Crippen LogP contribution in [0, 0.1) is 5.82 Å². The molecule has 0 aliphatic carbocycles. The molecule has 1 heterocycles. The zero-order valence-corrected chi connectivity index (χ0v) is 20.8. The summed E-state index contributed by atoms with van der Waals surface area (Å²) in [5, 5.41) is 7.18. The van der Waals surface area contributed by atoms with Crippen molar-refractivity contribution < 1.29 is 26.0 Å². The third kappa shape index (κ3) is 7.03. The first-order valence-electron chi connectivity index (χ1n) is 10.6. The van der Waals surface area contributed by atoms with E-state index < -0.39 is 27.7 Å². The molecule has 35 heavy (non-hydrogen) atoms. The Morgan fingerprint density at radius 3 is 2.49 bits per heavy atom. The zero-order chi connectivity index (χ0) is 26.0. The minimum Gasteiger partial charge on any atom is -0.311 e. The molecule has 0 aliphatic heterocycles. The first-order chi connectivity index (χ1) is 16.3. The minimum absolute atomic E-state index is 0.0830. The summed E-state index contributed by atoms with van der Waals surface area (Å²) in [6.45, 7) is 2.19. The van der Waals surface area contributed by atoms with Gasteiger partial charge in [0.1, 0.15) is 5.82 Å². The number of rotatable bonds is 9. The third-order valence-corrected chi connectivity index (χ3v) is 6.98. The second-order valence-electron chi connectivity index (χ2n) is 8.31. The van der Waals surface area contributed by atoms with Gasteiger partial charge in [-0.05, 0) is 41.8 Å². The Kier molecular flexibility index (Phi) is 8.25. The Balaban J connectivity index is 1.71. The fraction of sp³-hybridized carbons (Fsp3) is 0.348. The van der Waals surface area contributed by atoms with Gasteiger partial charge in [-0.15, -0.1) is 0 Å². The van der Waals surface area contributed by atoms with Crippen LogP contribution in [-0.4, -0.2) is 42.4 Å². The molecule has 3 rings (SSSR count). The highest BCUT2D eigenvalue weighted by Gasteiger charge is 2.35. The lowest BCUT2D eigenvalue weighted by molar-refractivity contribution is -0.141. The van der Waals surface area contributed by atoms with E-state index in [4.69, 9.17) is 11.6 Å². The predicted octanol–water partition coefficient (Wildman–Crippen LogP) is 4.97. The molecule has 3 aromatic rings. The molecular weight excluding hydrogens is 508 g/mol. The maximum Gasteiger partial charge on any atom is 0.435 e. The molecule has 0 radical (unpaired) electrons. The second kappa shape index (κ2) is 10.7. The van der Waals surface area contributed by atoms with Gasteiger partial charge in [-0.2, -0.15) is 18.3 Å². The van der Waals surface area contributed by atoms with Gasteiger partial charge in [-0.1, -0.05) is 36.7 Å². The van der Waals surface area contributed by atoms with Crippen LogP contribution < -0.4 is 5.32 Å². The summed E-state index contributed by atoms with van der Waals surface area (Å²) < 4.78 is 79.7. The van der Waals surface area contributed by atoms with E-state index in [9.17, 15) is 26.0 Å². The van der Waals surface area contributed by atoms with Crippen molar-refractivity contribution in [2.75, 3.05) is 19.8 Å². The van der Waals surface area contributed by atoms with E-state index in [2.05, 4.69) is 10.4 Å². The van der Waals surface area contributed by atoms with Crippen molar-refractivity contribution in [2.24, 2.45) is 0 Å². The molecule has 190 valence electrons. The van der Waals surface area contributed by atoms with Crippen molar-refractivity contribution in [3.63, 3.8) is 0 Å². The standard InChI is InChI=1S/C23H25ClF4N4O2S/c1-15(16-7-8-17(21(25)9-16)14-31(2)35(3,33)34)12-29-13-20-11-22(23(26,27)28)30-32(20)19-6-4-5-18(24)10-19/h4-11,15,29H,12-14H2,1-3H3. The van der Waals surface area contributed by atoms with E-state index >= 15 is 0 Å². The Bertz CT molecular complexity index is 1290. The number of alkyl halides is 3. The minimum atomic E-state index is -4.60. The van der Waals surface area contributed by atoms with E-state index in [1.165, 1.54) is 29.9 Å². The van der Waals surface area contributed by atoms with Crippen molar-refractivity contribution in [3.05, 3.63) is 81.9 Å². The summed E-state index contributed by atoms with van der Waals surface area (Å²) in [6, 6.07) is 11.9. The third-order valence-electron chi connectivity index (χ3n) is 5.49. The molecule has 0 saturated heterocycles. The second-order valence-corrected chi connectivity index (χ2v) is 10.8. The molecule has 1 aromatic heterocycles. The Hall–Kier alpha value is -2.47. The summed E-state index contributed by atoms with van der Waals surface area (Å²) in [4.78, 5) is 0. The normalized spacial score (nSPS) is 13.4. The van der Waals surface area contributed by atoms with Crippen molar-refractivity contribution in [3.8, 4) is 5.69 Å². The van der Waals surface area contributed by atoms with Crippen LogP contribution in [0.5, 0.6) is 0 Å². The summed E-state index contributed by atoms with van der Waals surface area (Å²) in [6.07, 6.45) is -3.56. The Morgan fingerprint density at radius 1 is 1.17 bits per heavy atom. The molecule has 12 heteroatoms. The quantitative estimate of drug-likeness (QED) is 0.395. The maximum absolute atomic E-state index is 14.6. The highest BCUT2D eigenvalue weighted by molar-refractivity contribution is 7.88. The molecular formula is C23H25ClF4N4O2S. The van der Waals surface area contributed by atoms with Crippen LogP contribution in [0.15, 0.2) is 48.5 Å². The van der Waals surface area contributed by atoms with Gasteiger partial charge >= 0.3 is 6.18 Å². The fourth-order valence-electron chi connectivity index (χ4n) is 3.41. The van der Waals surface area contributed by atoms with E-state index in [0.717, 1.165) is 16.6 Å². The lowest BCUT2D eigenvalue weighted by Gasteiger charge is -2.17. The average molecular weight is 533 g/mol. The molecule has 0 bridgehead atoms. The smallest absolute Gasteiger partial charge is 0.311 e. The summed E-state index contributed by atoms with van der Waals surface area (Å²) >= 11 is 5.99. The summed E-state index contributed by atoms with van der Waals surface area (Å²) in [5.74, 6) is -0.700. The van der Waals surface area contributed by atoms with Gasteiger partial charge < -0.3 is 5.32 Å². The Labute approximate surface area is 206 Å². The van der Waals surface area contributed by atoms with Gasteiger partial charge in [0.05, 0.1) is 17.6 Å². The van der Waals surface area contributed by atoms with Gasteiger partial charge in [-0.25, -0.2) is 21.8 Å². The van der Waals surface area contributed by atoms with Crippen molar-refractivity contribution in [1.82, 2.24) is 19.4 Å². The van der Waals surface area contributed by atoms with Crippen LogP contribution in [0.3, 0.4) is 0 Å². The van der Waals surface area contributed by atoms with Crippen molar-refractivity contribution in [1.29, 1.82) is 0 Å². The number of halogens is 5. The van der Waals surface area contributed by atoms with Crippen LogP contribution >= 0.6 is 11.6 Å². The van der Waals surface area contributed by atoms with Crippen LogP contribution in [0.25, 0.3) is 5.69 Å². The average Bonchev–Trinajstić information content (AvgIpc) is 3.19. The lowest BCUT2D eigenvalue weighted by atomic mass is 9.99. The SMILES string of the molecule is CC(CNCc1cc(C(F)(F)F)nn1-c1cccc(Cl)c1)c1ccc(CN(C)S(C)(=O)=O)c(F)c1. The number of aromatic nitrogens is 2. The van der Waals surface area contributed by atoms with Gasteiger partial charge in [0.15, 0.2) is 5.69 Å². The van der Waals surface area contributed by atoms with Gasteiger partial charge in [-0.3, -0.25) is 0 Å². The predicted molar refractivity (Wildman–Crippen MR) is 126 cm³/mol. The number of hydrogen-bond acceptors (Lipinski definition) is 4. The molecule has 6 nitrogen and oxygen atoms in total. The number of hydrogen-bond donors (Lipinski definition) is 1. The van der Waals surface area contributed by atoms with Gasteiger partial charge in [0.2, 0.25) is 10.0 Å². The molecule has 0 aliphatic rings. The molecule has 1 unspecified atom stereocenters. The highest BCUT2D eigenvalue weighted by atomic mass is 35.5. The van der Waals surface area contributed by atoms with E-state index in [-0.39, 0.29) is 30.3 Å². The number of nitrogens with zero attached hydrogens (tertiary/aromatic N) is 3. The lowest BCUT2D eigenvalue weighted by Crippen LogP contribution is -2.25. The molecule has 0 saturated carbocycles. The largest absolute Gasteiger partial charge is 0.435 e. The molecule has 0 fully saturated rings. The molecule has 1 N–H and O–H groups in total. The first-order valence-corrected chi connectivity index (χ1v) is 12.8. The van der Waals surface area contributed by atoms with Crippen LogP contribution in [-0.2, 0) is 29.3 Å². The molecule has 1 atom stereocenters. The van der Waals surface area contributed by atoms with Gasteiger partial charge in [0.25, 0.3) is 0 Å². The van der Waals surface area contributed by atoms with Crippen LogP contribution in [0.2, 0.25) is 5.02 Å². The topological polar surface area (TPSA) is 67.2 Å². The molecule has 2 aromatic carbocycles. The van der Waals surface area contributed by atoms with Crippen LogP contribution in [0.1, 0.15) is 35.4 Å². The monoisotopic (exact) mass is 532 g/mol. The highest BCUT2D eigenvalue weighted by Crippen LogP contribution is 2.30. The molecule has 0 spiro atoms. The summed E-state index contributed by atoms with van der Waals surface area (Å²) in [7, 11) is -2.08. The number of benzene rings is 2. The summed E-state index contributed by atoms with van der Waals surface area (Å²) in [5.41, 5.74) is 0.581. The van der Waals surface area contributed by atoms with E-state index in [1.807, 2.05) is 6.92 Å². The van der Waals surface area contributed by atoms with Gasteiger partial charge in [0, 0.05) is 37.3 Å². The van der Waals surface area contributed by atoms with E-state index in [1.54, 1.807) is 24.3 Å². The first kappa shape index (κ1) is 27.1. The van der Waals surface area contributed by atoms with E-state index in [0.29, 0.717) is 22.8 Å². The maximum atomic E-state index is 14.6. The molecule has 0 amide bonds. The van der Waals surface area contributed by atoms with Crippen molar-refractivity contribution >= 4 is 21.6 Å². The zero-order valence-electron chi connectivity index (χ0n) is 19.3. The van der Waals surface area contributed by atoms with Crippen molar-refractivity contribution in [2.45, 2.75) is 32.1 Å². The fourth-order valence-corrected chi connectivity index (χ4v) is 3.96. The number of nitrogens with one attached hydrogen (secondary N) is 1.